The summed E-state index contributed by atoms with van der Waals surface area (Å²) >= 11 is 2.10. The van der Waals surface area contributed by atoms with Crippen LogP contribution in [0.5, 0.6) is 0 Å². The van der Waals surface area contributed by atoms with E-state index < -0.39 is 0 Å². The van der Waals surface area contributed by atoms with Crippen molar-refractivity contribution >= 4 is 11.8 Å². The lowest BCUT2D eigenvalue weighted by Crippen LogP contribution is -2.46. The zero-order chi connectivity index (χ0) is 10.6. The molecule has 1 heterocycles. The van der Waals surface area contributed by atoms with Gasteiger partial charge in [0.05, 0.1) is 0 Å². The Kier molecular flexibility index (Phi) is 5.28. The molecule has 1 aliphatic heterocycles. The summed E-state index contributed by atoms with van der Waals surface area (Å²) in [6.07, 6.45) is 2.36. The van der Waals surface area contributed by atoms with Gasteiger partial charge in [0, 0.05) is 36.2 Å². The summed E-state index contributed by atoms with van der Waals surface area (Å²) in [5.74, 6) is 0. The minimum atomic E-state index is 0.377. The van der Waals surface area contributed by atoms with Crippen LogP contribution in [0.2, 0.25) is 0 Å². The molecule has 0 radical (unpaired) electrons. The number of nitrogens with zero attached hydrogens (tertiary/aromatic N) is 1. The van der Waals surface area contributed by atoms with Gasteiger partial charge in [-0.05, 0) is 6.42 Å². The van der Waals surface area contributed by atoms with E-state index in [1.54, 1.807) is 0 Å². The van der Waals surface area contributed by atoms with Crippen molar-refractivity contribution in [3.05, 3.63) is 0 Å². The van der Waals surface area contributed by atoms with E-state index >= 15 is 0 Å². The lowest BCUT2D eigenvalue weighted by Gasteiger charge is -2.35. The van der Waals surface area contributed by atoms with Crippen molar-refractivity contribution in [3.63, 3.8) is 0 Å². The summed E-state index contributed by atoms with van der Waals surface area (Å²) in [4.78, 5) is 2.53. The second-order valence-electron chi connectivity index (χ2n) is 4.52. The lowest BCUT2D eigenvalue weighted by atomic mass is 10.1. The van der Waals surface area contributed by atoms with Crippen LogP contribution in [0.3, 0.4) is 0 Å². The standard InChI is InChI=1S/C11H24N2S/c1-4-5-11(12)8-13-6-9(2)14-10(3)7-13/h9-11H,4-8,12H2,1-3H3. The van der Waals surface area contributed by atoms with Gasteiger partial charge in [-0.15, -0.1) is 0 Å². The van der Waals surface area contributed by atoms with Crippen LogP contribution >= 0.6 is 11.8 Å². The van der Waals surface area contributed by atoms with E-state index in [0.29, 0.717) is 6.04 Å². The second kappa shape index (κ2) is 5.99. The van der Waals surface area contributed by atoms with E-state index in [9.17, 15) is 0 Å². The molecule has 1 rings (SSSR count). The molecule has 0 aliphatic carbocycles. The lowest BCUT2D eigenvalue weighted by molar-refractivity contribution is 0.250. The molecule has 0 amide bonds. The van der Waals surface area contributed by atoms with Crippen molar-refractivity contribution < 1.29 is 0 Å². The Morgan fingerprint density at radius 3 is 2.43 bits per heavy atom. The fourth-order valence-corrected chi connectivity index (χ4v) is 3.61. The smallest absolute Gasteiger partial charge is 0.0167 e. The van der Waals surface area contributed by atoms with Gasteiger partial charge in [-0.1, -0.05) is 27.2 Å². The first-order valence-electron chi connectivity index (χ1n) is 5.75. The predicted octanol–water partition coefficient (Wildman–Crippen LogP) is 1.94. The Morgan fingerprint density at radius 1 is 1.36 bits per heavy atom. The third kappa shape index (κ3) is 4.20. The highest BCUT2D eigenvalue weighted by molar-refractivity contribution is 8.00. The summed E-state index contributed by atoms with van der Waals surface area (Å²) in [5.41, 5.74) is 6.06. The van der Waals surface area contributed by atoms with Crippen LogP contribution in [0, 0.1) is 0 Å². The molecule has 0 aromatic heterocycles. The molecular formula is C11H24N2S. The number of hydrogen-bond donors (Lipinski definition) is 1. The molecule has 2 N–H and O–H groups in total. The van der Waals surface area contributed by atoms with Crippen LogP contribution < -0.4 is 5.73 Å². The highest BCUT2D eigenvalue weighted by Crippen LogP contribution is 2.24. The van der Waals surface area contributed by atoms with Crippen molar-refractivity contribution in [1.29, 1.82) is 0 Å². The molecule has 1 aliphatic rings. The fourth-order valence-electron chi connectivity index (χ4n) is 2.23. The zero-order valence-electron chi connectivity index (χ0n) is 9.70. The van der Waals surface area contributed by atoms with Crippen LogP contribution in [0.25, 0.3) is 0 Å². The normalized spacial score (nSPS) is 31.7. The Morgan fingerprint density at radius 2 is 1.93 bits per heavy atom. The molecule has 0 spiro atoms. The predicted molar refractivity (Wildman–Crippen MR) is 65.8 cm³/mol. The molecule has 0 saturated carbocycles. The molecule has 1 fully saturated rings. The number of hydrogen-bond acceptors (Lipinski definition) is 3. The first-order chi connectivity index (χ1) is 6.61. The Bertz CT molecular complexity index is 153. The molecule has 2 nitrogen and oxygen atoms in total. The van der Waals surface area contributed by atoms with Gasteiger partial charge in [0.2, 0.25) is 0 Å². The summed E-state index contributed by atoms with van der Waals surface area (Å²) in [6, 6.07) is 0.377. The maximum Gasteiger partial charge on any atom is 0.0167 e. The van der Waals surface area contributed by atoms with Gasteiger partial charge in [-0.25, -0.2) is 0 Å². The molecule has 3 atom stereocenters. The first-order valence-corrected chi connectivity index (χ1v) is 6.69. The SMILES string of the molecule is CCCC(N)CN1CC(C)SC(C)C1. The van der Waals surface area contributed by atoms with E-state index in [0.717, 1.165) is 23.5 Å². The summed E-state index contributed by atoms with van der Waals surface area (Å²) in [7, 11) is 0. The highest BCUT2D eigenvalue weighted by atomic mass is 32.2. The van der Waals surface area contributed by atoms with E-state index in [-0.39, 0.29) is 0 Å². The molecule has 0 bridgehead atoms. The molecule has 3 unspecified atom stereocenters. The monoisotopic (exact) mass is 216 g/mol. The minimum Gasteiger partial charge on any atom is -0.327 e. The van der Waals surface area contributed by atoms with Crippen molar-refractivity contribution in [3.8, 4) is 0 Å². The van der Waals surface area contributed by atoms with Gasteiger partial charge in [0.25, 0.3) is 0 Å². The summed E-state index contributed by atoms with van der Waals surface area (Å²) in [6.45, 7) is 10.4. The van der Waals surface area contributed by atoms with Gasteiger partial charge >= 0.3 is 0 Å². The van der Waals surface area contributed by atoms with Crippen molar-refractivity contribution in [2.75, 3.05) is 19.6 Å². The number of nitrogens with two attached hydrogens (primary N) is 1. The van der Waals surface area contributed by atoms with Crippen LogP contribution in [0.15, 0.2) is 0 Å². The van der Waals surface area contributed by atoms with Crippen molar-refractivity contribution in [1.82, 2.24) is 4.90 Å². The third-order valence-corrected chi connectivity index (χ3v) is 3.87. The summed E-state index contributed by atoms with van der Waals surface area (Å²) in [5, 5.41) is 1.54. The molecule has 1 saturated heterocycles. The third-order valence-electron chi connectivity index (χ3n) is 2.65. The quantitative estimate of drug-likeness (QED) is 0.779. The molecule has 3 heteroatoms. The largest absolute Gasteiger partial charge is 0.327 e. The molecular weight excluding hydrogens is 192 g/mol. The Hall–Kier alpha value is 0.270. The molecule has 0 aromatic carbocycles. The van der Waals surface area contributed by atoms with E-state index in [2.05, 4.69) is 37.4 Å². The van der Waals surface area contributed by atoms with Crippen LogP contribution in [-0.4, -0.2) is 41.1 Å². The van der Waals surface area contributed by atoms with E-state index in [1.165, 1.54) is 19.5 Å². The van der Waals surface area contributed by atoms with Crippen molar-refractivity contribution in [2.24, 2.45) is 5.73 Å². The molecule has 84 valence electrons. The van der Waals surface area contributed by atoms with Gasteiger partial charge in [-0.3, -0.25) is 4.90 Å². The van der Waals surface area contributed by atoms with E-state index in [4.69, 9.17) is 5.73 Å². The van der Waals surface area contributed by atoms with Crippen molar-refractivity contribution in [2.45, 2.75) is 50.2 Å². The maximum atomic E-state index is 6.06. The minimum absolute atomic E-state index is 0.377. The number of thioether (sulfide) groups is 1. The van der Waals surface area contributed by atoms with Gasteiger partial charge in [0.15, 0.2) is 0 Å². The van der Waals surface area contributed by atoms with Crippen LogP contribution in [-0.2, 0) is 0 Å². The Balaban J connectivity index is 2.29. The van der Waals surface area contributed by atoms with Crippen LogP contribution in [0.4, 0.5) is 0 Å². The average molecular weight is 216 g/mol. The van der Waals surface area contributed by atoms with Crippen LogP contribution in [0.1, 0.15) is 33.6 Å². The van der Waals surface area contributed by atoms with Gasteiger partial charge < -0.3 is 5.73 Å². The topological polar surface area (TPSA) is 29.3 Å². The first kappa shape index (κ1) is 12.3. The zero-order valence-corrected chi connectivity index (χ0v) is 10.5. The molecule has 14 heavy (non-hydrogen) atoms. The highest BCUT2D eigenvalue weighted by Gasteiger charge is 2.22. The van der Waals surface area contributed by atoms with Gasteiger partial charge in [-0.2, -0.15) is 11.8 Å². The van der Waals surface area contributed by atoms with E-state index in [1.807, 2.05) is 0 Å². The second-order valence-corrected chi connectivity index (χ2v) is 6.41. The summed E-state index contributed by atoms with van der Waals surface area (Å²) < 4.78 is 0. The van der Waals surface area contributed by atoms with Gasteiger partial charge in [0.1, 0.15) is 0 Å². The average Bonchev–Trinajstić information content (AvgIpc) is 2.01. The molecule has 0 aromatic rings. The Labute approximate surface area is 92.6 Å². The number of rotatable bonds is 4. The maximum absolute atomic E-state index is 6.06. The fraction of sp³-hybridized carbons (Fsp3) is 1.00.